The zero-order valence-corrected chi connectivity index (χ0v) is 12.5. The number of amides is 1. The van der Waals surface area contributed by atoms with E-state index < -0.39 is 18.1 Å². The zero-order valence-electron chi connectivity index (χ0n) is 11.7. The molecule has 0 radical (unpaired) electrons. The lowest BCUT2D eigenvalue weighted by Crippen LogP contribution is -2.41. The van der Waals surface area contributed by atoms with Gasteiger partial charge >= 0.3 is 12.1 Å². The Kier molecular flexibility index (Phi) is 6.45. The Morgan fingerprint density at radius 1 is 1.33 bits per heavy atom. The van der Waals surface area contributed by atoms with Crippen molar-refractivity contribution in [1.29, 1.82) is 0 Å². The number of carbonyl (C=O) groups excluding carboxylic acids is 2. The molecule has 1 fully saturated rings. The normalized spacial score (nSPS) is 20.6. The van der Waals surface area contributed by atoms with Crippen LogP contribution in [0.25, 0.3) is 0 Å². The molecule has 0 aliphatic carbocycles. The van der Waals surface area contributed by atoms with Crippen LogP contribution < -0.4 is 5.73 Å². The van der Waals surface area contributed by atoms with Crippen molar-refractivity contribution in [3.05, 3.63) is 35.9 Å². The molecule has 2 atom stereocenters. The maximum atomic E-state index is 12.0. The van der Waals surface area contributed by atoms with Gasteiger partial charge < -0.3 is 15.2 Å². The van der Waals surface area contributed by atoms with Crippen molar-refractivity contribution in [1.82, 2.24) is 4.90 Å². The summed E-state index contributed by atoms with van der Waals surface area (Å²) in [6.45, 7) is 0.465. The Bertz CT molecular complexity index is 483. The first-order chi connectivity index (χ1) is 9.61. The molecule has 6 nitrogen and oxygen atoms in total. The Hall–Kier alpha value is -1.79. The zero-order chi connectivity index (χ0) is 14.5. The lowest BCUT2D eigenvalue weighted by Gasteiger charge is -2.21. The fourth-order valence-electron chi connectivity index (χ4n) is 2.23. The number of esters is 1. The van der Waals surface area contributed by atoms with E-state index in [4.69, 9.17) is 10.5 Å². The molecule has 0 saturated carbocycles. The molecule has 2 rings (SSSR count). The molecule has 0 bridgehead atoms. The molecular weight excluding hydrogens is 296 g/mol. The fraction of sp³-hybridized carbons (Fsp3) is 0.429. The van der Waals surface area contributed by atoms with Crippen LogP contribution in [0.15, 0.2) is 30.3 Å². The number of likely N-dealkylation sites (tertiary alicyclic amines) is 1. The fourth-order valence-corrected chi connectivity index (χ4v) is 2.23. The van der Waals surface area contributed by atoms with E-state index in [9.17, 15) is 9.59 Å². The van der Waals surface area contributed by atoms with E-state index in [-0.39, 0.29) is 25.1 Å². The Morgan fingerprint density at radius 3 is 2.62 bits per heavy atom. The molecule has 0 spiro atoms. The number of halogens is 1. The summed E-state index contributed by atoms with van der Waals surface area (Å²) >= 11 is 0. The lowest BCUT2D eigenvalue weighted by molar-refractivity contribution is -0.145. The van der Waals surface area contributed by atoms with Gasteiger partial charge in [-0.3, -0.25) is 4.90 Å². The minimum absolute atomic E-state index is 0. The van der Waals surface area contributed by atoms with Crippen molar-refractivity contribution >= 4 is 24.5 Å². The van der Waals surface area contributed by atoms with Crippen molar-refractivity contribution in [2.24, 2.45) is 5.73 Å². The topological polar surface area (TPSA) is 81.9 Å². The van der Waals surface area contributed by atoms with Gasteiger partial charge in [-0.25, -0.2) is 9.59 Å². The summed E-state index contributed by atoms with van der Waals surface area (Å²) in [4.78, 5) is 25.0. The molecule has 1 saturated heterocycles. The maximum absolute atomic E-state index is 12.0. The third kappa shape index (κ3) is 4.34. The van der Waals surface area contributed by atoms with Crippen molar-refractivity contribution in [2.75, 3.05) is 13.7 Å². The predicted octanol–water partition coefficient (Wildman–Crippen LogP) is 1.32. The summed E-state index contributed by atoms with van der Waals surface area (Å²) in [5, 5.41) is 0. The van der Waals surface area contributed by atoms with Gasteiger partial charge in [0.05, 0.1) is 7.11 Å². The molecule has 2 N–H and O–H groups in total. The van der Waals surface area contributed by atoms with Crippen molar-refractivity contribution in [2.45, 2.75) is 25.1 Å². The minimum atomic E-state index is -0.654. The number of benzene rings is 1. The average Bonchev–Trinajstić information content (AvgIpc) is 2.87. The summed E-state index contributed by atoms with van der Waals surface area (Å²) in [5.74, 6) is -0.463. The third-order valence-electron chi connectivity index (χ3n) is 3.25. The smallest absolute Gasteiger partial charge is 0.410 e. The van der Waals surface area contributed by atoms with Crippen LogP contribution in [0, 0.1) is 0 Å². The summed E-state index contributed by atoms with van der Waals surface area (Å²) in [5.41, 5.74) is 6.68. The van der Waals surface area contributed by atoms with Gasteiger partial charge in [0.15, 0.2) is 0 Å². The van der Waals surface area contributed by atoms with Crippen molar-refractivity contribution in [3.63, 3.8) is 0 Å². The lowest BCUT2D eigenvalue weighted by atomic mass is 10.2. The first-order valence-corrected chi connectivity index (χ1v) is 6.42. The van der Waals surface area contributed by atoms with Crippen LogP contribution in [-0.2, 0) is 20.9 Å². The van der Waals surface area contributed by atoms with E-state index in [1.54, 1.807) is 0 Å². The predicted molar refractivity (Wildman–Crippen MR) is 79.0 cm³/mol. The van der Waals surface area contributed by atoms with E-state index in [2.05, 4.69) is 4.74 Å². The van der Waals surface area contributed by atoms with Crippen LogP contribution in [0.4, 0.5) is 4.79 Å². The number of carbonyl (C=O) groups is 2. The maximum Gasteiger partial charge on any atom is 0.410 e. The van der Waals surface area contributed by atoms with E-state index in [0.29, 0.717) is 13.0 Å². The van der Waals surface area contributed by atoms with Crippen LogP contribution in [0.5, 0.6) is 0 Å². The second-order valence-electron chi connectivity index (χ2n) is 4.73. The SMILES string of the molecule is COC(=O)[C@@H]1C[C@H](N)CN1C(=O)OCc1ccccc1.Cl. The van der Waals surface area contributed by atoms with Gasteiger partial charge in [-0.1, -0.05) is 30.3 Å². The van der Waals surface area contributed by atoms with Gasteiger partial charge in [0.1, 0.15) is 12.6 Å². The summed E-state index contributed by atoms with van der Waals surface area (Å²) < 4.78 is 9.89. The molecule has 0 aromatic heterocycles. The van der Waals surface area contributed by atoms with E-state index in [1.807, 2.05) is 30.3 Å². The number of methoxy groups -OCH3 is 1. The number of rotatable bonds is 3. The number of nitrogens with two attached hydrogens (primary N) is 1. The van der Waals surface area contributed by atoms with E-state index in [0.717, 1.165) is 5.56 Å². The number of nitrogens with zero attached hydrogens (tertiary/aromatic N) is 1. The molecule has 1 aromatic carbocycles. The van der Waals surface area contributed by atoms with Crippen LogP contribution in [0.1, 0.15) is 12.0 Å². The number of ether oxygens (including phenoxy) is 2. The minimum Gasteiger partial charge on any atom is -0.467 e. The standard InChI is InChI=1S/C14H18N2O4.ClH/c1-19-13(17)12-7-11(15)8-16(12)14(18)20-9-10-5-3-2-4-6-10;/h2-6,11-12H,7-9,15H2,1H3;1H/t11-,12-;/m0./s1. The highest BCUT2D eigenvalue weighted by Crippen LogP contribution is 2.19. The Morgan fingerprint density at radius 2 is 2.00 bits per heavy atom. The van der Waals surface area contributed by atoms with Crippen LogP contribution in [0.3, 0.4) is 0 Å². The molecule has 116 valence electrons. The second-order valence-corrected chi connectivity index (χ2v) is 4.73. The van der Waals surface area contributed by atoms with Gasteiger partial charge in [-0.2, -0.15) is 0 Å². The first kappa shape index (κ1) is 17.3. The van der Waals surface area contributed by atoms with Crippen molar-refractivity contribution < 1.29 is 19.1 Å². The van der Waals surface area contributed by atoms with Gasteiger partial charge in [0.2, 0.25) is 0 Å². The molecule has 21 heavy (non-hydrogen) atoms. The molecule has 1 aliphatic heterocycles. The molecule has 1 aliphatic rings. The summed E-state index contributed by atoms with van der Waals surface area (Å²) in [6.07, 6.45) is -0.148. The molecule has 7 heteroatoms. The summed E-state index contributed by atoms with van der Waals surface area (Å²) in [6, 6.07) is 8.46. The molecule has 1 heterocycles. The Labute approximate surface area is 129 Å². The summed E-state index contributed by atoms with van der Waals surface area (Å²) in [7, 11) is 1.29. The second kappa shape index (κ2) is 7.85. The average molecular weight is 315 g/mol. The van der Waals surface area contributed by atoms with Crippen LogP contribution in [0.2, 0.25) is 0 Å². The van der Waals surface area contributed by atoms with Crippen LogP contribution in [-0.4, -0.2) is 42.7 Å². The quantitative estimate of drug-likeness (QED) is 0.851. The highest BCUT2D eigenvalue weighted by Gasteiger charge is 2.39. The van der Waals surface area contributed by atoms with E-state index >= 15 is 0 Å². The molecule has 0 unspecified atom stereocenters. The van der Waals surface area contributed by atoms with Gasteiger partial charge in [-0.15, -0.1) is 12.4 Å². The van der Waals surface area contributed by atoms with Gasteiger partial charge in [-0.05, 0) is 12.0 Å². The van der Waals surface area contributed by atoms with E-state index in [1.165, 1.54) is 12.0 Å². The van der Waals surface area contributed by atoms with Crippen molar-refractivity contribution in [3.8, 4) is 0 Å². The highest BCUT2D eigenvalue weighted by atomic mass is 35.5. The van der Waals surface area contributed by atoms with Crippen LogP contribution >= 0.6 is 12.4 Å². The monoisotopic (exact) mass is 314 g/mol. The number of hydrogen-bond donors (Lipinski definition) is 1. The molecule has 1 amide bonds. The van der Waals surface area contributed by atoms with Gasteiger partial charge in [0.25, 0.3) is 0 Å². The van der Waals surface area contributed by atoms with Gasteiger partial charge in [0, 0.05) is 12.6 Å². The molecular formula is C14H19ClN2O4. The first-order valence-electron chi connectivity index (χ1n) is 6.42. The Balaban J connectivity index is 0.00000220. The highest BCUT2D eigenvalue weighted by molar-refractivity contribution is 5.85. The molecule has 1 aromatic rings. The number of hydrogen-bond acceptors (Lipinski definition) is 5. The third-order valence-corrected chi connectivity index (χ3v) is 3.25. The largest absolute Gasteiger partial charge is 0.467 e.